The number of rotatable bonds is 3. The number of benzene rings is 2. The van der Waals surface area contributed by atoms with E-state index in [0.717, 1.165) is 0 Å². The molecule has 4 nitrogen and oxygen atoms in total. The molecule has 0 saturated heterocycles. The van der Waals surface area contributed by atoms with Gasteiger partial charge < -0.3 is 10.4 Å². The molecule has 0 fully saturated rings. The molecule has 2 aromatic carbocycles. The topological polar surface area (TPSA) is 66.4 Å². The predicted molar refractivity (Wildman–Crippen MR) is 84.4 cm³/mol. The van der Waals surface area contributed by atoms with Crippen molar-refractivity contribution in [3.63, 3.8) is 0 Å². The van der Waals surface area contributed by atoms with Crippen LogP contribution in [0.5, 0.6) is 0 Å². The Morgan fingerprint density at radius 3 is 2.50 bits per heavy atom. The number of carbonyl (C=O) groups is 2. The van der Waals surface area contributed by atoms with Gasteiger partial charge in [-0.25, -0.2) is 0 Å². The van der Waals surface area contributed by atoms with E-state index >= 15 is 0 Å². The number of carbonyl (C=O) groups excluding carboxylic acids is 2. The Bertz CT molecular complexity index is 773. The third-order valence-electron chi connectivity index (χ3n) is 3.66. The first kappa shape index (κ1) is 15.0. The molecule has 0 aliphatic carbocycles. The quantitative estimate of drug-likeness (QED) is 0.844. The zero-order chi connectivity index (χ0) is 15.9. The number of amides is 1. The van der Waals surface area contributed by atoms with Crippen molar-refractivity contribution >= 4 is 40.6 Å². The SMILES string of the molecule is O=C(C[C@]1(O)C(=O)Nc2c(Cl)cccc21)c1ccc(Cl)cc1. The molecular weight excluding hydrogens is 325 g/mol. The lowest BCUT2D eigenvalue weighted by Gasteiger charge is -2.20. The number of hydrogen-bond acceptors (Lipinski definition) is 3. The highest BCUT2D eigenvalue weighted by Gasteiger charge is 2.47. The fourth-order valence-electron chi connectivity index (χ4n) is 2.48. The van der Waals surface area contributed by atoms with Gasteiger partial charge in [0.05, 0.1) is 17.1 Å². The van der Waals surface area contributed by atoms with Gasteiger partial charge in [0.25, 0.3) is 5.91 Å². The largest absolute Gasteiger partial charge is 0.375 e. The van der Waals surface area contributed by atoms with Crippen molar-refractivity contribution in [2.75, 3.05) is 5.32 Å². The Kier molecular flexibility index (Phi) is 3.68. The average molecular weight is 336 g/mol. The molecule has 1 heterocycles. The van der Waals surface area contributed by atoms with Crippen LogP contribution in [0.15, 0.2) is 42.5 Å². The van der Waals surface area contributed by atoms with Gasteiger partial charge in [0, 0.05) is 16.1 Å². The summed E-state index contributed by atoms with van der Waals surface area (Å²) in [5, 5.41) is 14.1. The molecule has 6 heteroatoms. The fourth-order valence-corrected chi connectivity index (χ4v) is 2.83. The number of fused-ring (bicyclic) bond motifs is 1. The van der Waals surface area contributed by atoms with Gasteiger partial charge in [-0.05, 0) is 30.3 Å². The number of ketones is 1. The first-order valence-electron chi connectivity index (χ1n) is 6.53. The fraction of sp³-hybridized carbons (Fsp3) is 0.125. The van der Waals surface area contributed by atoms with E-state index in [2.05, 4.69) is 5.32 Å². The van der Waals surface area contributed by atoms with Crippen LogP contribution >= 0.6 is 23.2 Å². The normalized spacial score (nSPS) is 19.7. The lowest BCUT2D eigenvalue weighted by atomic mass is 9.88. The summed E-state index contributed by atoms with van der Waals surface area (Å²) in [4.78, 5) is 24.5. The molecule has 1 amide bonds. The molecule has 112 valence electrons. The molecule has 0 aromatic heterocycles. The zero-order valence-corrected chi connectivity index (χ0v) is 12.8. The average Bonchev–Trinajstić information content (AvgIpc) is 2.73. The second-order valence-electron chi connectivity index (χ2n) is 5.08. The van der Waals surface area contributed by atoms with Gasteiger partial charge in [-0.3, -0.25) is 9.59 Å². The Labute approximate surface area is 136 Å². The Morgan fingerprint density at radius 1 is 1.14 bits per heavy atom. The van der Waals surface area contributed by atoms with Crippen LogP contribution in [0.1, 0.15) is 22.3 Å². The van der Waals surface area contributed by atoms with Crippen LogP contribution in [-0.2, 0) is 10.4 Å². The summed E-state index contributed by atoms with van der Waals surface area (Å²) in [5.41, 5.74) is -0.884. The van der Waals surface area contributed by atoms with Gasteiger partial charge in [0.15, 0.2) is 11.4 Å². The van der Waals surface area contributed by atoms with Crippen LogP contribution in [0, 0.1) is 0 Å². The molecule has 3 rings (SSSR count). The summed E-state index contributed by atoms with van der Waals surface area (Å²) in [6.45, 7) is 0. The molecule has 0 bridgehead atoms. The Hall–Kier alpha value is -1.88. The smallest absolute Gasteiger partial charge is 0.261 e. The number of nitrogens with one attached hydrogen (secondary N) is 1. The van der Waals surface area contributed by atoms with Crippen molar-refractivity contribution in [1.29, 1.82) is 0 Å². The Balaban J connectivity index is 1.95. The van der Waals surface area contributed by atoms with Crippen molar-refractivity contribution in [1.82, 2.24) is 0 Å². The number of para-hydroxylation sites is 1. The second kappa shape index (κ2) is 5.39. The lowest BCUT2D eigenvalue weighted by molar-refractivity contribution is -0.133. The molecule has 0 unspecified atom stereocenters. The highest BCUT2D eigenvalue weighted by molar-refractivity contribution is 6.35. The zero-order valence-electron chi connectivity index (χ0n) is 11.3. The summed E-state index contributed by atoms with van der Waals surface area (Å²) >= 11 is 11.8. The molecule has 0 radical (unpaired) electrons. The molecule has 1 atom stereocenters. The predicted octanol–water partition coefficient (Wildman–Crippen LogP) is 3.41. The van der Waals surface area contributed by atoms with Gasteiger partial charge in [-0.1, -0.05) is 35.3 Å². The number of Topliss-reactive ketones (excluding diaryl/α,β-unsaturated/α-hetero) is 1. The number of anilines is 1. The highest BCUT2D eigenvalue weighted by atomic mass is 35.5. The van der Waals surface area contributed by atoms with E-state index in [1.165, 1.54) is 0 Å². The highest BCUT2D eigenvalue weighted by Crippen LogP contribution is 2.42. The maximum absolute atomic E-state index is 12.3. The van der Waals surface area contributed by atoms with E-state index in [4.69, 9.17) is 23.2 Å². The first-order chi connectivity index (χ1) is 10.4. The molecule has 1 aliphatic rings. The van der Waals surface area contributed by atoms with Crippen LogP contribution in [0.4, 0.5) is 5.69 Å². The first-order valence-corrected chi connectivity index (χ1v) is 7.29. The van der Waals surface area contributed by atoms with Crippen LogP contribution in [0.3, 0.4) is 0 Å². The van der Waals surface area contributed by atoms with Gasteiger partial charge in [0.2, 0.25) is 0 Å². The Morgan fingerprint density at radius 2 is 1.82 bits per heavy atom. The van der Waals surface area contributed by atoms with Gasteiger partial charge in [-0.15, -0.1) is 0 Å². The molecular formula is C16H11Cl2NO3. The van der Waals surface area contributed by atoms with Gasteiger partial charge in [-0.2, -0.15) is 0 Å². The van der Waals surface area contributed by atoms with Crippen molar-refractivity contribution in [3.05, 3.63) is 63.6 Å². The van der Waals surface area contributed by atoms with Crippen LogP contribution in [0.25, 0.3) is 0 Å². The third-order valence-corrected chi connectivity index (χ3v) is 4.22. The summed E-state index contributed by atoms with van der Waals surface area (Å²) < 4.78 is 0. The van der Waals surface area contributed by atoms with Crippen LogP contribution < -0.4 is 5.32 Å². The second-order valence-corrected chi connectivity index (χ2v) is 5.93. The van der Waals surface area contributed by atoms with E-state index < -0.39 is 11.5 Å². The van der Waals surface area contributed by atoms with Crippen molar-refractivity contribution in [3.8, 4) is 0 Å². The summed E-state index contributed by atoms with van der Waals surface area (Å²) in [6, 6.07) is 11.1. The van der Waals surface area contributed by atoms with Crippen LogP contribution in [-0.4, -0.2) is 16.8 Å². The van der Waals surface area contributed by atoms with E-state index in [-0.39, 0.29) is 12.2 Å². The van der Waals surface area contributed by atoms with Crippen molar-refractivity contribution in [2.45, 2.75) is 12.0 Å². The molecule has 0 spiro atoms. The molecule has 1 aliphatic heterocycles. The minimum Gasteiger partial charge on any atom is -0.375 e. The number of halogens is 2. The third kappa shape index (κ3) is 2.39. The standard InChI is InChI=1S/C16H11Cl2NO3/c17-10-6-4-9(5-7-10)13(20)8-16(22)11-2-1-3-12(18)14(11)19-15(16)21/h1-7,22H,8H2,(H,19,21)/t16-/m1/s1. The minimum absolute atomic E-state index is 0.312. The number of aliphatic hydroxyl groups is 1. The number of hydrogen-bond donors (Lipinski definition) is 2. The molecule has 2 aromatic rings. The van der Waals surface area contributed by atoms with Gasteiger partial charge >= 0.3 is 0 Å². The summed E-state index contributed by atoms with van der Waals surface area (Å²) in [7, 11) is 0. The minimum atomic E-state index is -1.92. The molecule has 0 saturated carbocycles. The maximum atomic E-state index is 12.3. The van der Waals surface area contributed by atoms with E-state index in [1.807, 2.05) is 0 Å². The van der Waals surface area contributed by atoms with Crippen LogP contribution in [0.2, 0.25) is 10.0 Å². The molecule has 2 N–H and O–H groups in total. The maximum Gasteiger partial charge on any atom is 0.261 e. The van der Waals surface area contributed by atoms with E-state index in [9.17, 15) is 14.7 Å². The van der Waals surface area contributed by atoms with Crippen molar-refractivity contribution < 1.29 is 14.7 Å². The van der Waals surface area contributed by atoms with E-state index in [0.29, 0.717) is 26.9 Å². The summed E-state index contributed by atoms with van der Waals surface area (Å²) in [6.07, 6.45) is -0.367. The lowest BCUT2D eigenvalue weighted by Crippen LogP contribution is -2.36. The summed E-state index contributed by atoms with van der Waals surface area (Å²) in [5.74, 6) is -1.01. The van der Waals surface area contributed by atoms with Gasteiger partial charge in [0.1, 0.15) is 0 Å². The van der Waals surface area contributed by atoms with E-state index in [1.54, 1.807) is 42.5 Å². The monoisotopic (exact) mass is 335 g/mol. The van der Waals surface area contributed by atoms with Crippen molar-refractivity contribution in [2.24, 2.45) is 0 Å². The molecule has 22 heavy (non-hydrogen) atoms.